The molecule has 6 aromatic heterocycles. The molecule has 0 aliphatic heterocycles. The molecule has 0 N–H and O–H groups in total. The first-order valence-corrected chi connectivity index (χ1v) is 30.6. The topological polar surface area (TPSA) is 139 Å². The summed E-state index contributed by atoms with van der Waals surface area (Å²) in [6.07, 6.45) is 12.2. The van der Waals surface area contributed by atoms with Crippen LogP contribution in [0.25, 0.3) is 132 Å². The van der Waals surface area contributed by atoms with E-state index in [1.807, 2.05) is 110 Å². The molecule has 0 aliphatic rings. The summed E-state index contributed by atoms with van der Waals surface area (Å²) in [5.74, 6) is 0. The third kappa shape index (κ3) is 12.2. The van der Waals surface area contributed by atoms with Gasteiger partial charge in [-0.3, -0.25) is 29.9 Å². The van der Waals surface area contributed by atoms with Gasteiger partial charge in [-0.05, 0) is 127 Å². The van der Waals surface area contributed by atoms with Crippen LogP contribution >= 0.6 is 12.0 Å². The first-order chi connectivity index (χ1) is 42.8. The van der Waals surface area contributed by atoms with E-state index >= 15 is 0 Å². The van der Waals surface area contributed by atoms with E-state index in [1.54, 1.807) is 24.5 Å². The normalized spacial score (nSPS) is 11.2. The third-order valence-electron chi connectivity index (χ3n) is 15.2. The fourth-order valence-electron chi connectivity index (χ4n) is 11.1. The minimum absolute atomic E-state index is 0. The minimum Gasteiger partial charge on any atom is -0.254 e. The van der Waals surface area contributed by atoms with E-state index in [-0.39, 0.29) is 19.5 Å². The first kappa shape index (κ1) is 58.6. The molecule has 0 saturated carbocycles. The molecule has 11 nitrogen and oxygen atoms in total. The summed E-state index contributed by atoms with van der Waals surface area (Å²) in [6.45, 7) is 0. The molecular weight excluding hydrogens is 1220 g/mol. The summed E-state index contributed by atoms with van der Waals surface area (Å²) in [6, 6.07) is 81.5. The number of aromatic nitrogens is 6. The number of hydrogen-bond acceptors (Lipinski definition) is 12. The van der Waals surface area contributed by atoms with Crippen molar-refractivity contribution in [2.75, 3.05) is 13.4 Å². The number of nitrogens with zero attached hydrogens (tertiary/aromatic N) is 6. The van der Waals surface area contributed by atoms with Gasteiger partial charge in [-0.15, -0.1) is 4.33 Å². The van der Waals surface area contributed by atoms with Gasteiger partial charge >= 0.3 is 0 Å². The molecule has 0 amide bonds. The molecule has 0 bridgehead atoms. The van der Waals surface area contributed by atoms with Gasteiger partial charge in [0.2, 0.25) is 0 Å². The van der Waals surface area contributed by atoms with Gasteiger partial charge in [0, 0.05) is 100 Å². The second-order valence-corrected chi connectivity index (χ2v) is 23.2. The van der Waals surface area contributed by atoms with Crippen molar-refractivity contribution in [1.29, 1.82) is 0 Å². The summed E-state index contributed by atoms with van der Waals surface area (Å²) in [7, 11) is -1.89. The van der Waals surface area contributed by atoms with Crippen LogP contribution in [-0.2, 0) is 43.6 Å². The van der Waals surface area contributed by atoms with E-state index in [1.165, 1.54) is 57.9 Å². The van der Waals surface area contributed by atoms with Gasteiger partial charge < -0.3 is 0 Å². The van der Waals surface area contributed by atoms with Crippen molar-refractivity contribution in [2.24, 2.45) is 0 Å². The third-order valence-corrected chi connectivity index (χ3v) is 16.9. The van der Waals surface area contributed by atoms with Crippen molar-refractivity contribution in [3.63, 3.8) is 0 Å². The predicted octanol–water partition coefficient (Wildman–Crippen LogP) is 18.3. The SMILES string of the molecule is COOOSc1ccc(-c2ccnc3c2ccc2c(-c4ccc(S(C)(=O)=O)cc4)ccnc23)cc1.[Ru].c1ccc(-c2ccnc3c2ccc2c(-c4ccccc4)ccnc23)cc1.c1ccc(-c2ccnc3c2ccc2c(-c4ccccc4)ccnc23)cc1. The standard InChI is InChI=1S/C26H20N2O5S2.2C24H16N2.Ru/c1-31-32-33-34-19-7-3-17(4-8-19)21-13-15-27-25-23(21)11-12-24-22(14-16-28-26(24)25)18-5-9-20(10-6-18)35(2,29)30;2*1-3-7-17(8-4-1)19-13-15-25-23-21(19)11-12-22-20(14-16-26-24(22)23)18-9-5-2-6-10-18;/h3-16H,1-2H3;2*1-16H;. The van der Waals surface area contributed by atoms with Gasteiger partial charge in [-0.2, -0.15) is 0 Å². The summed E-state index contributed by atoms with van der Waals surface area (Å²) in [5.41, 5.74) is 18.8. The number of fused-ring (bicyclic) bond motifs is 9. The Kier molecular flexibility index (Phi) is 17.6. The smallest absolute Gasteiger partial charge is 0.175 e. The van der Waals surface area contributed by atoms with Crippen LogP contribution in [0.4, 0.5) is 0 Å². The van der Waals surface area contributed by atoms with Crippen LogP contribution < -0.4 is 0 Å². The van der Waals surface area contributed by atoms with Crippen LogP contribution in [0, 0.1) is 0 Å². The second-order valence-electron chi connectivity index (χ2n) is 20.4. The quantitative estimate of drug-likeness (QED) is 0.0304. The van der Waals surface area contributed by atoms with E-state index in [9.17, 15) is 8.42 Å². The van der Waals surface area contributed by atoms with Crippen molar-refractivity contribution in [1.82, 2.24) is 29.9 Å². The van der Waals surface area contributed by atoms with Crippen LogP contribution in [0.5, 0.6) is 0 Å². The molecule has 0 saturated heterocycles. The molecule has 0 fully saturated rings. The molecule has 0 unspecified atom stereocenters. The Balaban J connectivity index is 0.000000130. The molecule has 6 heterocycles. The minimum atomic E-state index is -3.26. The second kappa shape index (κ2) is 26.5. The predicted molar refractivity (Wildman–Crippen MR) is 352 cm³/mol. The maximum absolute atomic E-state index is 11.8. The molecule has 9 aromatic carbocycles. The average molecular weight is 1270 g/mol. The number of sulfone groups is 1. The Morgan fingerprint density at radius 1 is 0.307 bits per heavy atom. The van der Waals surface area contributed by atoms with Gasteiger partial charge in [0.1, 0.15) is 0 Å². The fourth-order valence-corrected chi connectivity index (χ4v) is 12.2. The molecule has 0 aliphatic carbocycles. The number of rotatable bonds is 11. The molecule has 0 spiro atoms. The Bertz CT molecular complexity index is 4680. The molecule has 88 heavy (non-hydrogen) atoms. The maximum Gasteiger partial charge on any atom is 0.175 e. The van der Waals surface area contributed by atoms with Crippen molar-refractivity contribution in [3.05, 3.63) is 280 Å². The number of hydrogen-bond donors (Lipinski definition) is 0. The molecular formula is C74H52N6O5RuS2. The fraction of sp³-hybridized carbons (Fsp3) is 0.0270. The van der Waals surface area contributed by atoms with Gasteiger partial charge in [0.05, 0.1) is 57.1 Å². The zero-order valence-electron chi connectivity index (χ0n) is 47.5. The number of pyridine rings is 6. The first-order valence-electron chi connectivity index (χ1n) is 27.9. The number of benzene rings is 9. The van der Waals surface area contributed by atoms with Crippen molar-refractivity contribution in [2.45, 2.75) is 9.79 Å². The summed E-state index contributed by atoms with van der Waals surface area (Å²) >= 11 is 1.05. The van der Waals surface area contributed by atoms with E-state index in [2.05, 4.69) is 185 Å². The molecule has 15 rings (SSSR count). The van der Waals surface area contributed by atoms with Gasteiger partial charge in [0.15, 0.2) is 9.84 Å². The summed E-state index contributed by atoms with van der Waals surface area (Å²) < 4.78 is 28.5. The maximum atomic E-state index is 11.8. The van der Waals surface area contributed by atoms with Crippen LogP contribution in [0.2, 0.25) is 0 Å². The molecule has 428 valence electrons. The Hall–Kier alpha value is -9.76. The Labute approximate surface area is 525 Å². The van der Waals surface area contributed by atoms with Crippen LogP contribution in [0.15, 0.2) is 290 Å². The summed E-state index contributed by atoms with van der Waals surface area (Å²) in [4.78, 5) is 33.5. The van der Waals surface area contributed by atoms with Gasteiger partial charge in [0.25, 0.3) is 0 Å². The zero-order valence-corrected chi connectivity index (χ0v) is 50.8. The Morgan fingerprint density at radius 2 is 0.545 bits per heavy atom. The Morgan fingerprint density at radius 3 is 0.784 bits per heavy atom. The van der Waals surface area contributed by atoms with Crippen molar-refractivity contribution >= 4 is 87.3 Å². The van der Waals surface area contributed by atoms with E-state index in [0.717, 1.165) is 105 Å². The van der Waals surface area contributed by atoms with Crippen molar-refractivity contribution < 1.29 is 42.2 Å². The van der Waals surface area contributed by atoms with Crippen LogP contribution in [0.3, 0.4) is 0 Å². The van der Waals surface area contributed by atoms with Gasteiger partial charge in [-0.25, -0.2) is 13.3 Å². The zero-order chi connectivity index (χ0) is 59.1. The molecule has 14 heteroatoms. The van der Waals surface area contributed by atoms with Crippen molar-refractivity contribution in [3.8, 4) is 66.8 Å². The molecule has 15 aromatic rings. The average Bonchev–Trinajstić information content (AvgIpc) is 1.37. The largest absolute Gasteiger partial charge is 0.254 e. The summed E-state index contributed by atoms with van der Waals surface area (Å²) in [5, 5.41) is 10.9. The monoisotopic (exact) mass is 1270 g/mol. The van der Waals surface area contributed by atoms with E-state index < -0.39 is 9.84 Å². The van der Waals surface area contributed by atoms with Gasteiger partial charge in [-0.1, -0.05) is 187 Å². The molecule has 0 radical (unpaired) electrons. The molecule has 0 atom stereocenters. The van der Waals surface area contributed by atoms with Crippen LogP contribution in [-0.4, -0.2) is 51.7 Å². The van der Waals surface area contributed by atoms with E-state index in [4.69, 9.17) is 4.33 Å². The van der Waals surface area contributed by atoms with Crippen LogP contribution in [0.1, 0.15) is 0 Å². The van der Waals surface area contributed by atoms with E-state index in [0.29, 0.717) is 4.90 Å².